The monoisotopic (exact) mass is 596 g/mol. The Morgan fingerprint density at radius 3 is 2.43 bits per heavy atom. The van der Waals surface area contributed by atoms with Crippen LogP contribution in [0, 0.1) is 11.2 Å². The summed E-state index contributed by atoms with van der Waals surface area (Å²) in [5.41, 5.74) is 0.359. The summed E-state index contributed by atoms with van der Waals surface area (Å²) in [7, 11) is -0.00741. The molecular weight excluding hydrogens is 555 g/mol. The molecule has 7 nitrogen and oxygen atoms in total. The topological polar surface area (TPSA) is 80.3 Å². The Morgan fingerprint density at radius 1 is 1.00 bits per heavy atom. The first-order chi connectivity index (χ1) is 20.0. The quantitative estimate of drug-likeness (QED) is 0.0925. The van der Waals surface area contributed by atoms with E-state index >= 15 is 4.39 Å². The van der Waals surface area contributed by atoms with E-state index in [4.69, 9.17) is 23.7 Å². The van der Waals surface area contributed by atoms with Gasteiger partial charge in [-0.15, -0.1) is 0 Å². The molecule has 42 heavy (non-hydrogen) atoms. The average molecular weight is 597 g/mol. The van der Waals surface area contributed by atoms with E-state index in [1.165, 1.54) is 13.2 Å². The first kappa shape index (κ1) is 31.5. The molecule has 0 aliphatic heterocycles. The highest BCUT2D eigenvalue weighted by atomic mass is 28.3. The lowest BCUT2D eigenvalue weighted by atomic mass is 9.74. The second-order valence-corrected chi connectivity index (χ2v) is 18.0. The van der Waals surface area contributed by atoms with E-state index in [0.29, 0.717) is 32.3 Å². The van der Waals surface area contributed by atoms with Crippen LogP contribution in [0.15, 0.2) is 54.6 Å². The Kier molecular flexibility index (Phi) is 10.3. The van der Waals surface area contributed by atoms with Gasteiger partial charge in [-0.25, -0.2) is 9.18 Å². The number of rotatable bonds is 12. The molecule has 4 rings (SSSR count). The van der Waals surface area contributed by atoms with E-state index in [1.807, 2.05) is 49.4 Å². The van der Waals surface area contributed by atoms with Crippen molar-refractivity contribution in [3.63, 3.8) is 0 Å². The van der Waals surface area contributed by atoms with Crippen molar-refractivity contribution in [3.8, 4) is 11.5 Å². The number of hydrogen-bond acceptors (Lipinski definition) is 7. The Hall–Kier alpha value is -3.43. The highest BCUT2D eigenvalue weighted by Crippen LogP contribution is 2.40. The molecular formula is C33H41FO7Si. The van der Waals surface area contributed by atoms with Crippen molar-refractivity contribution in [3.05, 3.63) is 71.5 Å². The van der Waals surface area contributed by atoms with E-state index in [1.54, 1.807) is 0 Å². The number of fused-ring (bicyclic) bond motifs is 1. The number of carbonyl (C=O) groups is 2. The summed E-state index contributed by atoms with van der Waals surface area (Å²) in [4.78, 5) is 25.6. The largest absolute Gasteiger partial charge is 0.487 e. The van der Waals surface area contributed by atoms with Gasteiger partial charge in [-0.05, 0) is 55.0 Å². The average Bonchev–Trinajstić information content (AvgIpc) is 2.97. The second kappa shape index (κ2) is 13.7. The lowest BCUT2D eigenvalue weighted by molar-refractivity contribution is -0.159. The van der Waals surface area contributed by atoms with Gasteiger partial charge in [-0.2, -0.15) is 0 Å². The zero-order valence-electron chi connectivity index (χ0n) is 25.2. The highest BCUT2D eigenvalue weighted by Gasteiger charge is 2.40. The number of ether oxygens (including phenoxy) is 5. The van der Waals surface area contributed by atoms with E-state index in [9.17, 15) is 9.59 Å². The Balaban J connectivity index is 1.34. The van der Waals surface area contributed by atoms with Crippen molar-refractivity contribution >= 4 is 30.8 Å². The number of halogens is 1. The fourth-order valence-corrected chi connectivity index (χ4v) is 5.78. The molecule has 1 fully saturated rings. The molecule has 0 atom stereocenters. The van der Waals surface area contributed by atoms with Crippen LogP contribution < -0.4 is 9.47 Å². The van der Waals surface area contributed by atoms with Crippen LogP contribution in [0.3, 0.4) is 0 Å². The molecule has 0 bridgehead atoms. The Morgan fingerprint density at radius 2 is 1.71 bits per heavy atom. The molecule has 0 amide bonds. The maximum atomic E-state index is 15.1. The summed E-state index contributed by atoms with van der Waals surface area (Å²) >= 11 is 0. The van der Waals surface area contributed by atoms with Gasteiger partial charge in [0.25, 0.3) is 0 Å². The summed E-state index contributed by atoms with van der Waals surface area (Å²) in [5, 5.41) is 2.16. The van der Waals surface area contributed by atoms with Gasteiger partial charge in [-0.1, -0.05) is 62.1 Å². The molecule has 0 aromatic heterocycles. The van der Waals surface area contributed by atoms with Crippen LogP contribution in [-0.2, 0) is 25.6 Å². The van der Waals surface area contributed by atoms with Crippen LogP contribution >= 0.6 is 0 Å². The standard InChI is InChI=1S/C33H41FO7Si/c1-33(32(36)39-21-24-11-8-10-23-9-6-7-12-26(23)24)15-13-25(14-16-33)41-30-19-27(31(35)37-2)29(20-28(30)34)40-22-38-17-18-42(3,4)5/h6-12,19-20,25H,13-18,21-22H2,1-5H3. The van der Waals surface area contributed by atoms with E-state index in [2.05, 4.69) is 19.6 Å². The molecule has 1 aliphatic carbocycles. The summed E-state index contributed by atoms with van der Waals surface area (Å²) in [6.45, 7) is 9.26. The van der Waals surface area contributed by atoms with Gasteiger partial charge < -0.3 is 23.7 Å². The Labute approximate surface area is 248 Å². The third-order valence-electron chi connectivity index (χ3n) is 7.79. The van der Waals surface area contributed by atoms with Crippen LogP contribution in [0.4, 0.5) is 4.39 Å². The molecule has 0 spiro atoms. The highest BCUT2D eigenvalue weighted by molar-refractivity contribution is 6.76. The predicted molar refractivity (Wildman–Crippen MR) is 162 cm³/mol. The van der Waals surface area contributed by atoms with Gasteiger partial charge in [0.05, 0.1) is 18.6 Å². The minimum Gasteiger partial charge on any atom is -0.487 e. The molecule has 9 heteroatoms. The lowest BCUT2D eigenvalue weighted by Crippen LogP contribution is -2.37. The zero-order valence-corrected chi connectivity index (χ0v) is 26.2. The van der Waals surface area contributed by atoms with Gasteiger partial charge >= 0.3 is 11.9 Å². The number of methoxy groups -OCH3 is 1. The molecule has 0 heterocycles. The third-order valence-corrected chi connectivity index (χ3v) is 9.50. The summed E-state index contributed by atoms with van der Waals surface area (Å²) < 4.78 is 42.8. The van der Waals surface area contributed by atoms with Crippen molar-refractivity contribution in [2.45, 2.75) is 71.0 Å². The normalized spacial score (nSPS) is 18.9. The van der Waals surface area contributed by atoms with Crippen molar-refractivity contribution in [2.75, 3.05) is 20.5 Å². The molecule has 0 unspecified atom stereocenters. The molecule has 3 aromatic rings. The van der Waals surface area contributed by atoms with Crippen molar-refractivity contribution in [1.82, 2.24) is 0 Å². The fraction of sp³-hybridized carbons (Fsp3) is 0.455. The van der Waals surface area contributed by atoms with Gasteiger partial charge in [-0.3, -0.25) is 4.79 Å². The predicted octanol–water partition coefficient (Wildman–Crippen LogP) is 7.53. The molecule has 1 saturated carbocycles. The van der Waals surface area contributed by atoms with E-state index < -0.39 is 25.3 Å². The minimum atomic E-state index is -1.26. The maximum Gasteiger partial charge on any atom is 0.341 e. The number of hydrogen-bond donors (Lipinski definition) is 0. The van der Waals surface area contributed by atoms with Crippen molar-refractivity contribution < 1.29 is 37.7 Å². The van der Waals surface area contributed by atoms with Crippen LogP contribution in [0.5, 0.6) is 11.5 Å². The first-order valence-electron chi connectivity index (χ1n) is 14.4. The number of benzene rings is 3. The van der Waals surface area contributed by atoms with Gasteiger partial charge in [0.1, 0.15) is 17.9 Å². The molecule has 0 saturated heterocycles. The summed E-state index contributed by atoms with van der Waals surface area (Å²) in [6, 6.07) is 17.4. The molecule has 0 radical (unpaired) electrons. The fourth-order valence-electron chi connectivity index (χ4n) is 5.02. The van der Waals surface area contributed by atoms with Gasteiger partial charge in [0, 0.05) is 26.8 Å². The van der Waals surface area contributed by atoms with E-state index in [0.717, 1.165) is 28.4 Å². The Bertz CT molecular complexity index is 1390. The van der Waals surface area contributed by atoms with Gasteiger partial charge in [0.15, 0.2) is 18.4 Å². The minimum absolute atomic E-state index is 0.0323. The van der Waals surface area contributed by atoms with Crippen LogP contribution in [0.2, 0.25) is 25.7 Å². The SMILES string of the molecule is COC(=O)c1cc(OC2CCC(C)(C(=O)OCc3cccc4ccccc34)CC2)c(F)cc1OCOCC[Si](C)(C)C. The maximum absolute atomic E-state index is 15.1. The van der Waals surface area contributed by atoms with Crippen molar-refractivity contribution in [1.29, 1.82) is 0 Å². The molecule has 226 valence electrons. The van der Waals surface area contributed by atoms with Crippen molar-refractivity contribution in [2.24, 2.45) is 5.41 Å². The zero-order chi connectivity index (χ0) is 30.3. The lowest BCUT2D eigenvalue weighted by Gasteiger charge is -2.35. The first-order valence-corrected chi connectivity index (χ1v) is 18.1. The third kappa shape index (κ3) is 8.10. The number of esters is 2. The van der Waals surface area contributed by atoms with Crippen LogP contribution in [0.25, 0.3) is 10.8 Å². The molecule has 1 aliphatic rings. The number of carbonyl (C=O) groups excluding carboxylic acids is 2. The van der Waals surface area contributed by atoms with Crippen LogP contribution in [0.1, 0.15) is 48.5 Å². The van der Waals surface area contributed by atoms with Gasteiger partial charge in [0.2, 0.25) is 0 Å². The molecule has 0 N–H and O–H groups in total. The van der Waals surface area contributed by atoms with Crippen LogP contribution in [-0.4, -0.2) is 46.6 Å². The summed E-state index contributed by atoms with van der Waals surface area (Å²) in [6.07, 6.45) is 1.83. The second-order valence-electron chi connectivity index (χ2n) is 12.3. The smallest absolute Gasteiger partial charge is 0.341 e. The summed E-state index contributed by atoms with van der Waals surface area (Å²) in [5.74, 6) is -1.59. The van der Waals surface area contributed by atoms with E-state index in [-0.39, 0.29) is 42.5 Å². The molecule has 3 aromatic carbocycles.